The Labute approximate surface area is 118 Å². The van der Waals surface area contributed by atoms with Gasteiger partial charge in [0.15, 0.2) is 0 Å². The predicted octanol–water partition coefficient (Wildman–Crippen LogP) is 1.68. The molecule has 6 heteroatoms. The summed E-state index contributed by atoms with van der Waals surface area (Å²) in [4.78, 5) is 1.13. The molecule has 2 atom stereocenters. The van der Waals surface area contributed by atoms with E-state index >= 15 is 0 Å². The Bertz CT molecular complexity index is 539. The quantitative estimate of drug-likeness (QED) is 0.924. The standard InChI is InChI=1S/C13H20N2O2S2/c1-2-11-5-6-13(18-11)19(16,17)15-8-10-4-3-7-14-12(10)9-15/h5-6,10,12,14H,2-4,7-9H2,1H3/t10-,12+/m0/s1. The van der Waals surface area contributed by atoms with E-state index in [4.69, 9.17) is 0 Å². The second-order valence-corrected chi connectivity index (χ2v) is 8.69. The highest BCUT2D eigenvalue weighted by Crippen LogP contribution is 2.32. The Morgan fingerprint density at radius 3 is 2.95 bits per heavy atom. The van der Waals surface area contributed by atoms with Crippen molar-refractivity contribution in [3.05, 3.63) is 17.0 Å². The first-order chi connectivity index (χ1) is 9.11. The Morgan fingerprint density at radius 2 is 2.26 bits per heavy atom. The summed E-state index contributed by atoms with van der Waals surface area (Å²) < 4.78 is 27.4. The van der Waals surface area contributed by atoms with Crippen LogP contribution in [-0.4, -0.2) is 38.4 Å². The van der Waals surface area contributed by atoms with Crippen LogP contribution in [0.3, 0.4) is 0 Å². The third kappa shape index (κ3) is 2.46. The molecule has 19 heavy (non-hydrogen) atoms. The van der Waals surface area contributed by atoms with Crippen molar-refractivity contribution < 1.29 is 8.42 Å². The van der Waals surface area contributed by atoms with Gasteiger partial charge in [-0.15, -0.1) is 11.3 Å². The predicted molar refractivity (Wildman–Crippen MR) is 77.0 cm³/mol. The summed E-state index contributed by atoms with van der Waals surface area (Å²) in [5.74, 6) is 0.495. The molecule has 2 fully saturated rings. The Hall–Kier alpha value is -0.430. The molecule has 0 amide bonds. The van der Waals surface area contributed by atoms with E-state index in [-0.39, 0.29) is 0 Å². The van der Waals surface area contributed by atoms with Crippen LogP contribution in [0.15, 0.2) is 16.3 Å². The van der Waals surface area contributed by atoms with Gasteiger partial charge < -0.3 is 5.32 Å². The van der Waals surface area contributed by atoms with E-state index in [1.807, 2.05) is 6.07 Å². The van der Waals surface area contributed by atoms with Crippen LogP contribution in [0.5, 0.6) is 0 Å². The minimum absolute atomic E-state index is 0.356. The van der Waals surface area contributed by atoms with Crippen LogP contribution in [0.25, 0.3) is 0 Å². The molecule has 0 saturated carbocycles. The van der Waals surface area contributed by atoms with Crippen molar-refractivity contribution in [3.63, 3.8) is 0 Å². The molecule has 2 aliphatic rings. The van der Waals surface area contributed by atoms with E-state index in [0.29, 0.717) is 29.3 Å². The highest BCUT2D eigenvalue weighted by atomic mass is 32.2. The zero-order chi connectivity index (χ0) is 13.5. The monoisotopic (exact) mass is 300 g/mol. The van der Waals surface area contributed by atoms with Crippen molar-refractivity contribution in [2.24, 2.45) is 5.92 Å². The molecule has 106 valence electrons. The zero-order valence-electron chi connectivity index (χ0n) is 11.1. The maximum atomic E-state index is 12.6. The SMILES string of the molecule is CCc1ccc(S(=O)(=O)N2C[C@@H]3CCCN[C@@H]3C2)s1. The fourth-order valence-corrected chi connectivity index (χ4v) is 5.99. The van der Waals surface area contributed by atoms with Gasteiger partial charge >= 0.3 is 0 Å². The number of piperidine rings is 1. The molecular formula is C13H20N2O2S2. The first-order valence-corrected chi connectivity index (χ1v) is 9.19. The molecule has 3 rings (SSSR count). The number of thiophene rings is 1. The molecule has 1 N–H and O–H groups in total. The lowest BCUT2D eigenvalue weighted by atomic mass is 9.94. The zero-order valence-corrected chi connectivity index (χ0v) is 12.8. The molecular weight excluding hydrogens is 280 g/mol. The Kier molecular flexibility index (Phi) is 3.68. The summed E-state index contributed by atoms with van der Waals surface area (Å²) in [5.41, 5.74) is 0. The van der Waals surface area contributed by atoms with Crippen molar-refractivity contribution in [2.45, 2.75) is 36.4 Å². The van der Waals surface area contributed by atoms with Crippen molar-refractivity contribution in [1.82, 2.24) is 9.62 Å². The molecule has 2 aliphatic heterocycles. The van der Waals surface area contributed by atoms with Gasteiger partial charge in [0.1, 0.15) is 4.21 Å². The van der Waals surface area contributed by atoms with E-state index in [0.717, 1.165) is 30.7 Å². The number of nitrogens with zero attached hydrogens (tertiary/aromatic N) is 1. The average molecular weight is 300 g/mol. The average Bonchev–Trinajstić information content (AvgIpc) is 3.05. The number of rotatable bonds is 3. The summed E-state index contributed by atoms with van der Waals surface area (Å²) in [6, 6.07) is 4.04. The van der Waals surface area contributed by atoms with Gasteiger partial charge in [0.25, 0.3) is 10.0 Å². The van der Waals surface area contributed by atoms with Crippen molar-refractivity contribution in [2.75, 3.05) is 19.6 Å². The topological polar surface area (TPSA) is 49.4 Å². The molecule has 1 aromatic heterocycles. The molecule has 0 spiro atoms. The lowest BCUT2D eigenvalue weighted by Gasteiger charge is -2.24. The molecule has 0 radical (unpaired) electrons. The molecule has 2 saturated heterocycles. The van der Waals surface area contributed by atoms with Gasteiger partial charge in [-0.25, -0.2) is 8.42 Å². The summed E-state index contributed by atoms with van der Waals surface area (Å²) in [6.45, 7) is 4.39. The first kappa shape index (κ1) is 13.5. The van der Waals surface area contributed by atoms with Gasteiger partial charge in [-0.05, 0) is 43.9 Å². The van der Waals surface area contributed by atoms with Gasteiger partial charge in [0, 0.05) is 24.0 Å². The van der Waals surface area contributed by atoms with Crippen LogP contribution in [0.1, 0.15) is 24.6 Å². The fourth-order valence-electron chi connectivity index (χ4n) is 3.02. The number of nitrogens with one attached hydrogen (secondary N) is 1. The molecule has 0 bridgehead atoms. The van der Waals surface area contributed by atoms with Gasteiger partial charge in [0.2, 0.25) is 0 Å². The summed E-state index contributed by atoms with van der Waals surface area (Å²) in [7, 11) is -3.27. The number of sulfonamides is 1. The lowest BCUT2D eigenvalue weighted by Crippen LogP contribution is -2.41. The van der Waals surface area contributed by atoms with Crippen molar-refractivity contribution in [1.29, 1.82) is 0 Å². The van der Waals surface area contributed by atoms with Crippen molar-refractivity contribution >= 4 is 21.4 Å². The van der Waals surface area contributed by atoms with Gasteiger partial charge in [-0.3, -0.25) is 0 Å². The van der Waals surface area contributed by atoms with E-state index in [9.17, 15) is 8.42 Å². The number of fused-ring (bicyclic) bond motifs is 1. The lowest BCUT2D eigenvalue weighted by molar-refractivity contribution is 0.339. The third-order valence-corrected chi connectivity index (χ3v) is 7.67. The maximum Gasteiger partial charge on any atom is 0.252 e. The summed E-state index contributed by atoms with van der Waals surface area (Å²) in [6.07, 6.45) is 3.20. The largest absolute Gasteiger partial charge is 0.312 e. The first-order valence-electron chi connectivity index (χ1n) is 6.93. The van der Waals surface area contributed by atoms with E-state index in [2.05, 4.69) is 12.2 Å². The Morgan fingerprint density at radius 1 is 1.42 bits per heavy atom. The highest BCUT2D eigenvalue weighted by Gasteiger charge is 2.40. The number of hydrogen-bond donors (Lipinski definition) is 1. The normalized spacial score (nSPS) is 28.5. The summed E-state index contributed by atoms with van der Waals surface area (Å²) >= 11 is 1.41. The number of aryl methyl sites for hydroxylation is 1. The van der Waals surface area contributed by atoms with Crippen LogP contribution in [0, 0.1) is 5.92 Å². The molecule has 4 nitrogen and oxygen atoms in total. The van der Waals surface area contributed by atoms with E-state index in [1.165, 1.54) is 11.3 Å². The summed E-state index contributed by atoms with van der Waals surface area (Å²) in [5, 5.41) is 3.45. The van der Waals surface area contributed by atoms with Crippen LogP contribution >= 0.6 is 11.3 Å². The van der Waals surface area contributed by atoms with Gasteiger partial charge in [-0.1, -0.05) is 6.92 Å². The maximum absolute atomic E-state index is 12.6. The van der Waals surface area contributed by atoms with Crippen molar-refractivity contribution in [3.8, 4) is 0 Å². The van der Waals surface area contributed by atoms with E-state index in [1.54, 1.807) is 10.4 Å². The smallest absolute Gasteiger partial charge is 0.252 e. The van der Waals surface area contributed by atoms with E-state index < -0.39 is 10.0 Å². The minimum Gasteiger partial charge on any atom is -0.312 e. The molecule has 0 unspecified atom stereocenters. The second-order valence-electron chi connectivity index (χ2n) is 5.36. The molecule has 0 aliphatic carbocycles. The molecule has 0 aromatic carbocycles. The third-order valence-electron chi connectivity index (χ3n) is 4.15. The highest BCUT2D eigenvalue weighted by molar-refractivity contribution is 7.91. The van der Waals surface area contributed by atoms with Crippen LogP contribution in [0.2, 0.25) is 0 Å². The second kappa shape index (κ2) is 5.16. The van der Waals surface area contributed by atoms with Gasteiger partial charge in [0.05, 0.1) is 0 Å². The van der Waals surface area contributed by atoms with Crippen LogP contribution in [0.4, 0.5) is 0 Å². The van der Waals surface area contributed by atoms with Gasteiger partial charge in [-0.2, -0.15) is 4.31 Å². The Balaban J connectivity index is 1.81. The van der Waals surface area contributed by atoms with Crippen LogP contribution in [-0.2, 0) is 16.4 Å². The number of hydrogen-bond acceptors (Lipinski definition) is 4. The minimum atomic E-state index is -3.27. The van der Waals surface area contributed by atoms with Crippen LogP contribution < -0.4 is 5.32 Å². The molecule has 3 heterocycles. The molecule has 1 aromatic rings. The fraction of sp³-hybridized carbons (Fsp3) is 0.692.